The lowest BCUT2D eigenvalue weighted by molar-refractivity contribution is -0.137. The number of amides is 1. The maximum atomic E-state index is 12.1. The van der Waals surface area contributed by atoms with Crippen LogP contribution in [0, 0.1) is 13.8 Å². The van der Waals surface area contributed by atoms with Crippen molar-refractivity contribution in [2.75, 3.05) is 6.54 Å². The number of alkyl halides is 3. The molecule has 1 amide bonds. The van der Waals surface area contributed by atoms with Crippen LogP contribution < -0.4 is 5.32 Å². The molecule has 130 valence electrons. The van der Waals surface area contributed by atoms with E-state index in [1.807, 2.05) is 37.4 Å². The lowest BCUT2D eigenvalue weighted by Crippen LogP contribution is -2.37. The molecule has 1 heterocycles. The van der Waals surface area contributed by atoms with Crippen LogP contribution in [-0.2, 0) is 4.79 Å². The normalized spacial score (nSPS) is 12.9. The summed E-state index contributed by atoms with van der Waals surface area (Å²) in [7, 11) is 0. The van der Waals surface area contributed by atoms with Crippen LogP contribution >= 0.6 is 11.8 Å². The van der Waals surface area contributed by atoms with E-state index in [9.17, 15) is 18.0 Å². The third kappa shape index (κ3) is 5.26. The summed E-state index contributed by atoms with van der Waals surface area (Å²) in [4.78, 5) is 11.6. The fourth-order valence-electron chi connectivity index (χ4n) is 2.01. The SMILES string of the molecule is Cc1cc(C)cc(-c2nnc(SC(C)C(=O)NCC(F)(F)F)o2)c1. The van der Waals surface area contributed by atoms with Gasteiger partial charge in [-0.05, 0) is 32.9 Å². The van der Waals surface area contributed by atoms with E-state index in [-0.39, 0.29) is 5.22 Å². The second kappa shape index (κ2) is 7.25. The molecule has 1 aromatic carbocycles. The number of nitrogens with zero attached hydrogens (tertiary/aromatic N) is 2. The maximum Gasteiger partial charge on any atom is 0.405 e. The molecule has 1 N–H and O–H groups in total. The summed E-state index contributed by atoms with van der Waals surface area (Å²) in [5.41, 5.74) is 2.83. The summed E-state index contributed by atoms with van der Waals surface area (Å²) in [5.74, 6) is -0.448. The van der Waals surface area contributed by atoms with Gasteiger partial charge in [0.15, 0.2) is 0 Å². The number of rotatable bonds is 5. The Morgan fingerprint density at radius 1 is 1.25 bits per heavy atom. The number of benzene rings is 1. The first-order chi connectivity index (χ1) is 11.1. The van der Waals surface area contributed by atoms with Crippen LogP contribution in [0.15, 0.2) is 27.8 Å². The summed E-state index contributed by atoms with van der Waals surface area (Å²) in [6.45, 7) is 3.98. The largest absolute Gasteiger partial charge is 0.411 e. The number of hydrogen-bond donors (Lipinski definition) is 1. The van der Waals surface area contributed by atoms with Gasteiger partial charge >= 0.3 is 6.18 Å². The number of hydrogen-bond acceptors (Lipinski definition) is 5. The molecule has 1 atom stereocenters. The fourth-order valence-corrected chi connectivity index (χ4v) is 2.72. The first-order valence-corrected chi connectivity index (χ1v) is 7.95. The molecule has 0 spiro atoms. The van der Waals surface area contributed by atoms with Crippen LogP contribution in [0.2, 0.25) is 0 Å². The molecule has 0 aliphatic carbocycles. The second-order valence-electron chi connectivity index (χ2n) is 5.34. The van der Waals surface area contributed by atoms with Crippen LogP contribution in [0.1, 0.15) is 18.1 Å². The van der Waals surface area contributed by atoms with Gasteiger partial charge in [0.25, 0.3) is 5.22 Å². The number of carbonyl (C=O) groups is 1. The minimum absolute atomic E-state index is 0.124. The molecule has 0 aliphatic heterocycles. The van der Waals surface area contributed by atoms with E-state index in [2.05, 4.69) is 10.2 Å². The predicted octanol–water partition coefficient (Wildman–Crippen LogP) is 3.51. The monoisotopic (exact) mass is 359 g/mol. The Morgan fingerprint density at radius 3 is 2.46 bits per heavy atom. The average molecular weight is 359 g/mol. The Balaban J connectivity index is 2.01. The summed E-state index contributed by atoms with van der Waals surface area (Å²) < 4.78 is 41.8. The molecular formula is C15H16F3N3O2S. The molecule has 9 heteroatoms. The molecule has 24 heavy (non-hydrogen) atoms. The molecule has 1 aromatic heterocycles. The summed E-state index contributed by atoms with van der Waals surface area (Å²) in [6, 6.07) is 5.77. The van der Waals surface area contributed by atoms with Gasteiger partial charge in [-0.25, -0.2) is 0 Å². The Bertz CT molecular complexity index is 711. The van der Waals surface area contributed by atoms with Crippen LogP contribution in [0.5, 0.6) is 0 Å². The van der Waals surface area contributed by atoms with Gasteiger partial charge in [-0.15, -0.1) is 10.2 Å². The molecule has 1 unspecified atom stereocenters. The van der Waals surface area contributed by atoms with E-state index in [1.54, 1.807) is 0 Å². The molecule has 2 rings (SSSR count). The molecular weight excluding hydrogens is 343 g/mol. The van der Waals surface area contributed by atoms with Crippen LogP contribution in [0.3, 0.4) is 0 Å². The topological polar surface area (TPSA) is 68.0 Å². The molecule has 0 saturated heterocycles. The Kier molecular flexibility index (Phi) is 5.53. The highest BCUT2D eigenvalue weighted by Crippen LogP contribution is 2.27. The van der Waals surface area contributed by atoms with E-state index in [1.165, 1.54) is 6.92 Å². The maximum absolute atomic E-state index is 12.1. The lowest BCUT2D eigenvalue weighted by Gasteiger charge is -2.11. The van der Waals surface area contributed by atoms with Gasteiger partial charge in [-0.2, -0.15) is 13.2 Å². The summed E-state index contributed by atoms with van der Waals surface area (Å²) in [6.07, 6.45) is -4.44. The van der Waals surface area contributed by atoms with Crippen molar-refractivity contribution in [3.05, 3.63) is 29.3 Å². The first kappa shape index (κ1) is 18.3. The Labute approximate surface area is 141 Å². The number of aromatic nitrogens is 2. The van der Waals surface area contributed by atoms with E-state index in [0.29, 0.717) is 5.89 Å². The Morgan fingerprint density at radius 2 is 1.88 bits per heavy atom. The van der Waals surface area contributed by atoms with Crippen LogP contribution in [0.25, 0.3) is 11.5 Å². The van der Waals surface area contributed by atoms with Crippen molar-refractivity contribution in [1.82, 2.24) is 15.5 Å². The molecule has 0 bridgehead atoms. The number of thioether (sulfide) groups is 1. The van der Waals surface area contributed by atoms with Gasteiger partial charge in [-0.3, -0.25) is 4.79 Å². The summed E-state index contributed by atoms with van der Waals surface area (Å²) >= 11 is 0.906. The predicted molar refractivity (Wildman–Crippen MR) is 83.6 cm³/mol. The average Bonchev–Trinajstić information content (AvgIpc) is 2.91. The van der Waals surface area contributed by atoms with Crippen LogP contribution in [0.4, 0.5) is 13.2 Å². The van der Waals surface area contributed by atoms with Crippen molar-refractivity contribution in [2.24, 2.45) is 0 Å². The highest BCUT2D eigenvalue weighted by molar-refractivity contribution is 8.00. The zero-order valence-electron chi connectivity index (χ0n) is 13.3. The first-order valence-electron chi connectivity index (χ1n) is 7.07. The highest BCUT2D eigenvalue weighted by Gasteiger charge is 2.29. The van der Waals surface area contributed by atoms with Crippen molar-refractivity contribution in [1.29, 1.82) is 0 Å². The third-order valence-electron chi connectivity index (χ3n) is 2.98. The third-order valence-corrected chi connectivity index (χ3v) is 3.92. The fraction of sp³-hybridized carbons (Fsp3) is 0.400. The van der Waals surface area contributed by atoms with Crippen molar-refractivity contribution in [3.8, 4) is 11.5 Å². The second-order valence-corrected chi connectivity index (χ2v) is 6.63. The lowest BCUT2D eigenvalue weighted by atomic mass is 10.1. The smallest absolute Gasteiger partial charge is 0.405 e. The number of aryl methyl sites for hydroxylation is 2. The zero-order valence-corrected chi connectivity index (χ0v) is 14.1. The van der Waals surface area contributed by atoms with Crippen molar-refractivity contribution < 1.29 is 22.4 Å². The molecule has 2 aromatic rings. The van der Waals surface area contributed by atoms with Gasteiger partial charge in [0.05, 0.1) is 5.25 Å². The molecule has 5 nitrogen and oxygen atoms in total. The van der Waals surface area contributed by atoms with Crippen molar-refractivity contribution in [3.63, 3.8) is 0 Å². The number of carbonyl (C=O) groups excluding carboxylic acids is 1. The van der Waals surface area contributed by atoms with Gasteiger partial charge in [0.2, 0.25) is 11.8 Å². The van der Waals surface area contributed by atoms with E-state index >= 15 is 0 Å². The highest BCUT2D eigenvalue weighted by atomic mass is 32.2. The minimum Gasteiger partial charge on any atom is -0.411 e. The Hall–Kier alpha value is -2.03. The van der Waals surface area contributed by atoms with E-state index < -0.39 is 23.9 Å². The van der Waals surface area contributed by atoms with Gasteiger partial charge in [0.1, 0.15) is 6.54 Å². The molecule has 0 radical (unpaired) electrons. The van der Waals surface area contributed by atoms with Crippen LogP contribution in [-0.4, -0.2) is 34.1 Å². The minimum atomic E-state index is -4.44. The number of nitrogens with one attached hydrogen (secondary N) is 1. The molecule has 0 aliphatic rings. The van der Waals surface area contributed by atoms with Gasteiger partial charge < -0.3 is 9.73 Å². The molecule has 0 fully saturated rings. The van der Waals surface area contributed by atoms with E-state index in [0.717, 1.165) is 28.5 Å². The van der Waals surface area contributed by atoms with E-state index in [4.69, 9.17) is 4.42 Å². The van der Waals surface area contributed by atoms with Crippen molar-refractivity contribution >= 4 is 17.7 Å². The zero-order chi connectivity index (χ0) is 17.9. The standard InChI is InChI=1S/C15H16F3N3O2S/c1-8-4-9(2)6-11(5-8)13-20-21-14(23-13)24-10(3)12(22)19-7-15(16,17)18/h4-6,10H,7H2,1-3H3,(H,19,22). The quantitative estimate of drug-likeness (QED) is 0.828. The summed E-state index contributed by atoms with van der Waals surface area (Å²) in [5, 5.41) is 8.90. The van der Waals surface area contributed by atoms with Gasteiger partial charge in [0, 0.05) is 5.56 Å². The number of halogens is 3. The van der Waals surface area contributed by atoms with Gasteiger partial charge in [-0.1, -0.05) is 29.0 Å². The van der Waals surface area contributed by atoms with Crippen molar-refractivity contribution in [2.45, 2.75) is 37.4 Å². The molecule has 0 saturated carbocycles.